The number of hydrogen-bond donors (Lipinski definition) is 1. The summed E-state index contributed by atoms with van der Waals surface area (Å²) < 4.78 is 41.5. The zero-order chi connectivity index (χ0) is 14.0. The SMILES string of the molecule is O=C(O)c1ccc(OC2CN(CC(F)(F)F)C2)nc1. The van der Waals surface area contributed by atoms with Crippen LogP contribution in [0.5, 0.6) is 5.88 Å². The van der Waals surface area contributed by atoms with Crippen molar-refractivity contribution in [1.82, 2.24) is 9.88 Å². The van der Waals surface area contributed by atoms with Crippen LogP contribution in [0.3, 0.4) is 0 Å². The minimum atomic E-state index is -4.20. The lowest BCUT2D eigenvalue weighted by Gasteiger charge is -2.38. The molecule has 1 aromatic heterocycles. The summed E-state index contributed by atoms with van der Waals surface area (Å²) in [5, 5.41) is 8.66. The van der Waals surface area contributed by atoms with Crippen LogP contribution in [0.1, 0.15) is 10.4 Å². The number of alkyl halides is 3. The molecular weight excluding hydrogens is 265 g/mol. The minimum absolute atomic E-state index is 0.0275. The molecule has 0 bridgehead atoms. The molecule has 0 amide bonds. The summed E-state index contributed by atoms with van der Waals surface area (Å²) in [6.45, 7) is -0.581. The summed E-state index contributed by atoms with van der Waals surface area (Å²) >= 11 is 0. The van der Waals surface area contributed by atoms with Gasteiger partial charge in [0.25, 0.3) is 0 Å². The maximum atomic E-state index is 12.1. The molecule has 1 N–H and O–H groups in total. The van der Waals surface area contributed by atoms with Gasteiger partial charge in [-0.2, -0.15) is 13.2 Å². The minimum Gasteiger partial charge on any atom is -0.478 e. The molecule has 2 heterocycles. The fourth-order valence-electron chi connectivity index (χ4n) is 1.73. The highest BCUT2D eigenvalue weighted by Gasteiger charge is 2.38. The molecule has 0 aromatic carbocycles. The molecule has 1 aliphatic heterocycles. The number of rotatable bonds is 4. The largest absolute Gasteiger partial charge is 0.478 e. The second-order valence-electron chi connectivity index (χ2n) is 4.24. The summed E-state index contributed by atoms with van der Waals surface area (Å²) in [6, 6.07) is 2.71. The summed E-state index contributed by atoms with van der Waals surface area (Å²) in [4.78, 5) is 15.6. The highest BCUT2D eigenvalue weighted by Crippen LogP contribution is 2.22. The molecular formula is C11H11F3N2O3. The molecule has 104 valence electrons. The molecule has 1 saturated heterocycles. The maximum absolute atomic E-state index is 12.1. The summed E-state index contributed by atoms with van der Waals surface area (Å²) in [7, 11) is 0. The van der Waals surface area contributed by atoms with Crippen LogP contribution in [-0.4, -0.2) is 52.9 Å². The zero-order valence-corrected chi connectivity index (χ0v) is 9.72. The predicted octanol–water partition coefficient (Wildman–Crippen LogP) is 1.41. The number of carboxylic acids is 1. The first kappa shape index (κ1) is 13.6. The van der Waals surface area contributed by atoms with Crippen molar-refractivity contribution >= 4 is 5.97 Å². The second-order valence-corrected chi connectivity index (χ2v) is 4.24. The molecule has 0 spiro atoms. The Balaban J connectivity index is 1.80. The van der Waals surface area contributed by atoms with Crippen molar-refractivity contribution in [2.75, 3.05) is 19.6 Å². The third kappa shape index (κ3) is 3.82. The number of hydrogen-bond acceptors (Lipinski definition) is 4. The van der Waals surface area contributed by atoms with E-state index in [1.807, 2.05) is 0 Å². The summed E-state index contributed by atoms with van der Waals surface area (Å²) in [5.41, 5.74) is 0.0275. The van der Waals surface area contributed by atoms with E-state index in [4.69, 9.17) is 9.84 Å². The van der Waals surface area contributed by atoms with Gasteiger partial charge in [-0.1, -0.05) is 0 Å². The second kappa shape index (κ2) is 5.04. The van der Waals surface area contributed by atoms with Crippen molar-refractivity contribution in [3.8, 4) is 5.88 Å². The molecule has 19 heavy (non-hydrogen) atoms. The fraction of sp³-hybridized carbons (Fsp3) is 0.455. The highest BCUT2D eigenvalue weighted by atomic mass is 19.4. The smallest absolute Gasteiger partial charge is 0.401 e. The molecule has 0 radical (unpaired) electrons. The van der Waals surface area contributed by atoms with Crippen molar-refractivity contribution in [3.63, 3.8) is 0 Å². The summed E-state index contributed by atoms with van der Waals surface area (Å²) in [6.07, 6.45) is -3.40. The van der Waals surface area contributed by atoms with Gasteiger partial charge in [0.1, 0.15) is 6.10 Å². The maximum Gasteiger partial charge on any atom is 0.401 e. The zero-order valence-electron chi connectivity index (χ0n) is 9.72. The van der Waals surface area contributed by atoms with Gasteiger partial charge in [-0.05, 0) is 6.07 Å². The first-order valence-electron chi connectivity index (χ1n) is 5.48. The Morgan fingerprint density at radius 3 is 2.63 bits per heavy atom. The molecule has 5 nitrogen and oxygen atoms in total. The molecule has 0 unspecified atom stereocenters. The Morgan fingerprint density at radius 2 is 2.16 bits per heavy atom. The first-order valence-corrected chi connectivity index (χ1v) is 5.48. The van der Waals surface area contributed by atoms with E-state index >= 15 is 0 Å². The number of carbonyl (C=O) groups is 1. The number of halogens is 3. The van der Waals surface area contributed by atoms with Crippen LogP contribution in [0.25, 0.3) is 0 Å². The van der Waals surface area contributed by atoms with E-state index in [2.05, 4.69) is 4.98 Å². The molecule has 2 rings (SSSR count). The third-order valence-corrected chi connectivity index (χ3v) is 2.60. The van der Waals surface area contributed by atoms with Gasteiger partial charge in [0.15, 0.2) is 0 Å². The first-order chi connectivity index (χ1) is 8.83. The number of aromatic nitrogens is 1. The molecule has 1 fully saturated rings. The van der Waals surface area contributed by atoms with E-state index in [9.17, 15) is 18.0 Å². The van der Waals surface area contributed by atoms with Crippen LogP contribution in [0, 0.1) is 0 Å². The van der Waals surface area contributed by atoms with Gasteiger partial charge in [0.05, 0.1) is 12.1 Å². The number of pyridine rings is 1. The Labute approximate surface area is 106 Å². The normalized spacial score (nSPS) is 17.0. The highest BCUT2D eigenvalue weighted by molar-refractivity contribution is 5.87. The van der Waals surface area contributed by atoms with E-state index in [1.54, 1.807) is 0 Å². The number of aromatic carboxylic acids is 1. The standard InChI is InChI=1S/C11H11F3N2O3/c12-11(13,14)6-16-4-8(5-16)19-9-2-1-7(3-15-9)10(17)18/h1-3,8H,4-6H2,(H,17,18). The number of likely N-dealkylation sites (tertiary alicyclic amines) is 1. The summed E-state index contributed by atoms with van der Waals surface area (Å²) in [5.74, 6) is -0.888. The van der Waals surface area contributed by atoms with Crippen molar-refractivity contribution < 1.29 is 27.8 Å². The van der Waals surface area contributed by atoms with Crippen LogP contribution < -0.4 is 4.74 Å². The van der Waals surface area contributed by atoms with Crippen LogP contribution in [0.2, 0.25) is 0 Å². The van der Waals surface area contributed by atoms with E-state index in [0.717, 1.165) is 6.20 Å². The molecule has 0 saturated carbocycles. The Bertz CT molecular complexity index is 455. The van der Waals surface area contributed by atoms with Crippen LogP contribution in [0.4, 0.5) is 13.2 Å². The number of nitrogens with zero attached hydrogens (tertiary/aromatic N) is 2. The molecule has 1 aromatic rings. The molecule has 1 aliphatic rings. The molecule has 0 aliphatic carbocycles. The lowest BCUT2D eigenvalue weighted by atomic mass is 10.1. The number of carboxylic acid groups (broad SMARTS) is 1. The Hall–Kier alpha value is -1.83. The van der Waals surface area contributed by atoms with E-state index < -0.39 is 18.7 Å². The van der Waals surface area contributed by atoms with Gasteiger partial charge in [0.2, 0.25) is 5.88 Å². The van der Waals surface area contributed by atoms with Gasteiger partial charge in [-0.15, -0.1) is 0 Å². The van der Waals surface area contributed by atoms with Gasteiger partial charge < -0.3 is 9.84 Å². The molecule has 8 heteroatoms. The van der Waals surface area contributed by atoms with Gasteiger partial charge in [-0.3, -0.25) is 4.90 Å². The lowest BCUT2D eigenvalue weighted by molar-refractivity contribution is -0.162. The van der Waals surface area contributed by atoms with Crippen molar-refractivity contribution in [1.29, 1.82) is 0 Å². The third-order valence-electron chi connectivity index (χ3n) is 2.60. The van der Waals surface area contributed by atoms with E-state index in [0.29, 0.717) is 0 Å². The van der Waals surface area contributed by atoms with Crippen LogP contribution >= 0.6 is 0 Å². The van der Waals surface area contributed by atoms with Crippen LogP contribution in [-0.2, 0) is 0 Å². The topological polar surface area (TPSA) is 62.7 Å². The molecule has 0 atom stereocenters. The van der Waals surface area contributed by atoms with Gasteiger partial charge >= 0.3 is 12.1 Å². The van der Waals surface area contributed by atoms with Crippen molar-refractivity contribution in [2.24, 2.45) is 0 Å². The van der Waals surface area contributed by atoms with E-state index in [-0.39, 0.29) is 30.6 Å². The van der Waals surface area contributed by atoms with Gasteiger partial charge in [-0.25, -0.2) is 9.78 Å². The number of ether oxygens (including phenoxy) is 1. The van der Waals surface area contributed by atoms with Gasteiger partial charge in [0, 0.05) is 25.4 Å². The monoisotopic (exact) mass is 276 g/mol. The quantitative estimate of drug-likeness (QED) is 0.900. The average Bonchev–Trinajstić information content (AvgIpc) is 2.25. The predicted molar refractivity (Wildman–Crippen MR) is 58.1 cm³/mol. The van der Waals surface area contributed by atoms with Crippen molar-refractivity contribution in [2.45, 2.75) is 12.3 Å². The average molecular weight is 276 g/mol. The Morgan fingerprint density at radius 1 is 1.47 bits per heavy atom. The van der Waals surface area contributed by atoms with Crippen molar-refractivity contribution in [3.05, 3.63) is 23.9 Å². The van der Waals surface area contributed by atoms with Crippen LogP contribution in [0.15, 0.2) is 18.3 Å². The lowest BCUT2D eigenvalue weighted by Crippen LogP contribution is -2.56. The van der Waals surface area contributed by atoms with E-state index in [1.165, 1.54) is 17.0 Å². The Kier molecular flexibility index (Phi) is 3.61. The fourth-order valence-corrected chi connectivity index (χ4v) is 1.73.